The Kier molecular flexibility index (Phi) is 3.75. The molecular formula is C10H14ClNO2. The Morgan fingerprint density at radius 1 is 1.50 bits per heavy atom. The summed E-state index contributed by atoms with van der Waals surface area (Å²) < 4.78 is 5.03. The standard InChI is InChI=1S/C10H14ClNO2/c1-6(12)10(13)7-3-4-8(11)9(5-7)14-2/h3-6,10,13H,12H2,1-2H3/t6-,10?/m1/s1. The van der Waals surface area contributed by atoms with Crippen LogP contribution in [0.5, 0.6) is 5.75 Å². The lowest BCUT2D eigenvalue weighted by Crippen LogP contribution is -2.24. The third-order valence-corrected chi connectivity index (χ3v) is 2.33. The molecule has 78 valence electrons. The molecule has 2 atom stereocenters. The monoisotopic (exact) mass is 215 g/mol. The molecule has 1 aromatic rings. The van der Waals surface area contributed by atoms with Crippen LogP contribution in [0.2, 0.25) is 5.02 Å². The summed E-state index contributed by atoms with van der Waals surface area (Å²) in [5, 5.41) is 10.2. The molecular weight excluding hydrogens is 202 g/mol. The minimum absolute atomic E-state index is 0.319. The summed E-state index contributed by atoms with van der Waals surface area (Å²) in [6, 6.07) is 4.79. The molecule has 1 rings (SSSR count). The molecule has 14 heavy (non-hydrogen) atoms. The summed E-state index contributed by atoms with van der Waals surface area (Å²) in [6.45, 7) is 1.74. The van der Waals surface area contributed by atoms with E-state index in [1.807, 2.05) is 0 Å². The molecule has 0 amide bonds. The number of aliphatic hydroxyl groups excluding tert-OH is 1. The number of rotatable bonds is 3. The number of halogens is 1. The van der Waals surface area contributed by atoms with Crippen LogP contribution in [0, 0.1) is 0 Å². The summed E-state index contributed by atoms with van der Waals surface area (Å²) in [4.78, 5) is 0. The quantitative estimate of drug-likeness (QED) is 0.808. The molecule has 0 aromatic heterocycles. The van der Waals surface area contributed by atoms with E-state index in [9.17, 15) is 5.11 Å². The van der Waals surface area contributed by atoms with Gasteiger partial charge in [-0.15, -0.1) is 0 Å². The second-order valence-corrected chi connectivity index (χ2v) is 3.61. The number of ether oxygens (including phenoxy) is 1. The van der Waals surface area contributed by atoms with E-state index < -0.39 is 6.10 Å². The molecule has 0 fully saturated rings. The normalized spacial score (nSPS) is 14.9. The fourth-order valence-corrected chi connectivity index (χ4v) is 1.36. The van der Waals surface area contributed by atoms with E-state index in [2.05, 4.69) is 0 Å². The molecule has 3 N–H and O–H groups in total. The Bertz CT molecular complexity index is 315. The van der Waals surface area contributed by atoms with Gasteiger partial charge in [-0.2, -0.15) is 0 Å². The van der Waals surface area contributed by atoms with Crippen LogP contribution >= 0.6 is 11.6 Å². The molecule has 4 heteroatoms. The highest BCUT2D eigenvalue weighted by Crippen LogP contribution is 2.28. The first-order valence-electron chi connectivity index (χ1n) is 4.33. The second kappa shape index (κ2) is 4.64. The SMILES string of the molecule is COc1cc(C(O)[C@@H](C)N)ccc1Cl. The largest absolute Gasteiger partial charge is 0.495 e. The molecule has 3 nitrogen and oxygen atoms in total. The summed E-state index contributed by atoms with van der Waals surface area (Å²) in [6.07, 6.45) is -0.693. The van der Waals surface area contributed by atoms with E-state index >= 15 is 0 Å². The second-order valence-electron chi connectivity index (χ2n) is 3.20. The lowest BCUT2D eigenvalue weighted by atomic mass is 10.0. The third-order valence-electron chi connectivity index (χ3n) is 2.01. The molecule has 0 aliphatic rings. The van der Waals surface area contributed by atoms with Crippen LogP contribution in [0.3, 0.4) is 0 Å². The molecule has 0 heterocycles. The first kappa shape index (κ1) is 11.3. The first-order valence-corrected chi connectivity index (χ1v) is 4.71. The molecule has 0 spiro atoms. The Labute approximate surface area is 88.4 Å². The molecule has 0 aliphatic carbocycles. The van der Waals surface area contributed by atoms with Crippen molar-refractivity contribution in [2.24, 2.45) is 5.73 Å². The third kappa shape index (κ3) is 2.38. The Morgan fingerprint density at radius 3 is 2.64 bits per heavy atom. The van der Waals surface area contributed by atoms with Crippen molar-refractivity contribution >= 4 is 11.6 Å². The summed E-state index contributed by atoms with van der Waals surface area (Å²) >= 11 is 5.84. The Morgan fingerprint density at radius 2 is 2.14 bits per heavy atom. The van der Waals surface area contributed by atoms with Crippen molar-refractivity contribution in [3.05, 3.63) is 28.8 Å². The van der Waals surface area contributed by atoms with Crippen molar-refractivity contribution in [1.29, 1.82) is 0 Å². The maximum absolute atomic E-state index is 9.68. The van der Waals surface area contributed by atoms with Crippen molar-refractivity contribution in [2.45, 2.75) is 19.1 Å². The van der Waals surface area contributed by atoms with Gasteiger partial charge in [0, 0.05) is 6.04 Å². The van der Waals surface area contributed by atoms with Gasteiger partial charge in [0.15, 0.2) is 0 Å². The highest BCUT2D eigenvalue weighted by Gasteiger charge is 2.13. The van der Waals surface area contributed by atoms with Gasteiger partial charge in [0.05, 0.1) is 18.2 Å². The molecule has 0 radical (unpaired) electrons. The molecule has 0 saturated carbocycles. The predicted molar refractivity (Wildman–Crippen MR) is 56.6 cm³/mol. The van der Waals surface area contributed by atoms with E-state index in [-0.39, 0.29) is 6.04 Å². The smallest absolute Gasteiger partial charge is 0.137 e. The maximum Gasteiger partial charge on any atom is 0.137 e. The Hall–Kier alpha value is -0.770. The van der Waals surface area contributed by atoms with Gasteiger partial charge in [-0.25, -0.2) is 0 Å². The zero-order valence-electron chi connectivity index (χ0n) is 8.20. The zero-order valence-corrected chi connectivity index (χ0v) is 8.95. The van der Waals surface area contributed by atoms with Crippen LogP contribution in [-0.2, 0) is 0 Å². The number of aliphatic hydroxyl groups is 1. The molecule has 1 aromatic carbocycles. The predicted octanol–water partition coefficient (Wildman–Crippen LogP) is 1.73. The summed E-state index contributed by atoms with van der Waals surface area (Å²) in [5.74, 6) is 0.545. The van der Waals surface area contributed by atoms with Crippen molar-refractivity contribution in [1.82, 2.24) is 0 Å². The minimum Gasteiger partial charge on any atom is -0.495 e. The van der Waals surface area contributed by atoms with Gasteiger partial charge >= 0.3 is 0 Å². The van der Waals surface area contributed by atoms with Gasteiger partial charge in [0.1, 0.15) is 5.75 Å². The van der Waals surface area contributed by atoms with Crippen LogP contribution in [0.4, 0.5) is 0 Å². The number of methoxy groups -OCH3 is 1. The summed E-state index contributed by atoms with van der Waals surface area (Å²) in [7, 11) is 1.53. The molecule has 1 unspecified atom stereocenters. The first-order chi connectivity index (χ1) is 6.56. The fourth-order valence-electron chi connectivity index (χ4n) is 1.16. The number of nitrogens with two attached hydrogens (primary N) is 1. The number of hydrogen-bond donors (Lipinski definition) is 2. The van der Waals surface area contributed by atoms with Crippen molar-refractivity contribution < 1.29 is 9.84 Å². The maximum atomic E-state index is 9.68. The average Bonchev–Trinajstić information content (AvgIpc) is 2.17. The lowest BCUT2D eigenvalue weighted by molar-refractivity contribution is 0.153. The number of hydrogen-bond acceptors (Lipinski definition) is 3. The van der Waals surface area contributed by atoms with Crippen LogP contribution < -0.4 is 10.5 Å². The van der Waals surface area contributed by atoms with Gasteiger partial charge in [-0.05, 0) is 24.6 Å². The fraction of sp³-hybridized carbons (Fsp3) is 0.400. The van der Waals surface area contributed by atoms with Crippen LogP contribution in [0.15, 0.2) is 18.2 Å². The topological polar surface area (TPSA) is 55.5 Å². The zero-order chi connectivity index (χ0) is 10.7. The molecule has 0 bridgehead atoms. The molecule has 0 aliphatic heterocycles. The highest BCUT2D eigenvalue weighted by molar-refractivity contribution is 6.32. The van der Waals surface area contributed by atoms with E-state index in [0.29, 0.717) is 16.3 Å². The summed E-state index contributed by atoms with van der Waals surface area (Å²) in [5.41, 5.74) is 6.28. The lowest BCUT2D eigenvalue weighted by Gasteiger charge is -2.15. The van der Waals surface area contributed by atoms with Gasteiger partial charge in [-0.1, -0.05) is 17.7 Å². The van der Waals surface area contributed by atoms with E-state index in [4.69, 9.17) is 22.1 Å². The number of benzene rings is 1. The van der Waals surface area contributed by atoms with Gasteiger partial charge in [0.25, 0.3) is 0 Å². The van der Waals surface area contributed by atoms with Gasteiger partial charge < -0.3 is 15.6 Å². The van der Waals surface area contributed by atoms with Crippen molar-refractivity contribution in [2.75, 3.05) is 7.11 Å². The Balaban J connectivity index is 3.00. The van der Waals surface area contributed by atoms with E-state index in [1.54, 1.807) is 25.1 Å². The minimum atomic E-state index is -0.693. The van der Waals surface area contributed by atoms with E-state index in [0.717, 1.165) is 0 Å². The highest BCUT2D eigenvalue weighted by atomic mass is 35.5. The van der Waals surface area contributed by atoms with Gasteiger partial charge in [-0.3, -0.25) is 0 Å². The van der Waals surface area contributed by atoms with Crippen LogP contribution in [0.25, 0.3) is 0 Å². The van der Waals surface area contributed by atoms with E-state index in [1.165, 1.54) is 7.11 Å². The van der Waals surface area contributed by atoms with Crippen LogP contribution in [-0.4, -0.2) is 18.3 Å². The molecule has 0 saturated heterocycles. The van der Waals surface area contributed by atoms with Gasteiger partial charge in [0.2, 0.25) is 0 Å². The van der Waals surface area contributed by atoms with Crippen molar-refractivity contribution in [3.8, 4) is 5.75 Å². The average molecular weight is 216 g/mol. The van der Waals surface area contributed by atoms with Crippen molar-refractivity contribution in [3.63, 3.8) is 0 Å². The van der Waals surface area contributed by atoms with Crippen LogP contribution in [0.1, 0.15) is 18.6 Å².